The standard InChI is InChI=1S/C20H22N2O3/c23-19-10-5-12-22(19)15-16-6-4-7-17(14-16)20(24)21-11-13-25-18-8-2-1-3-9-18/h1-4,6-9,14H,5,10-13,15H2,(H,21,24). The highest BCUT2D eigenvalue weighted by atomic mass is 16.5. The smallest absolute Gasteiger partial charge is 0.251 e. The van der Waals surface area contributed by atoms with Gasteiger partial charge >= 0.3 is 0 Å². The molecule has 5 heteroatoms. The zero-order valence-electron chi connectivity index (χ0n) is 14.1. The lowest BCUT2D eigenvalue weighted by Crippen LogP contribution is -2.28. The van der Waals surface area contributed by atoms with Gasteiger partial charge in [-0.1, -0.05) is 30.3 Å². The molecule has 1 N–H and O–H groups in total. The van der Waals surface area contributed by atoms with E-state index >= 15 is 0 Å². The zero-order valence-corrected chi connectivity index (χ0v) is 14.1. The van der Waals surface area contributed by atoms with Gasteiger partial charge in [0.1, 0.15) is 12.4 Å². The van der Waals surface area contributed by atoms with Crippen LogP contribution in [-0.4, -0.2) is 36.4 Å². The molecule has 2 aromatic carbocycles. The summed E-state index contributed by atoms with van der Waals surface area (Å²) in [5, 5.41) is 2.85. The lowest BCUT2D eigenvalue weighted by molar-refractivity contribution is -0.128. The highest BCUT2D eigenvalue weighted by Gasteiger charge is 2.20. The lowest BCUT2D eigenvalue weighted by Gasteiger charge is -2.16. The number of para-hydroxylation sites is 1. The molecule has 1 fully saturated rings. The Labute approximate surface area is 147 Å². The number of likely N-dealkylation sites (tertiary alicyclic amines) is 1. The minimum Gasteiger partial charge on any atom is -0.492 e. The summed E-state index contributed by atoms with van der Waals surface area (Å²) in [7, 11) is 0. The number of nitrogens with zero attached hydrogens (tertiary/aromatic N) is 1. The van der Waals surface area contributed by atoms with Crippen LogP contribution in [0.3, 0.4) is 0 Å². The Morgan fingerprint density at radius 3 is 2.72 bits per heavy atom. The van der Waals surface area contributed by atoms with Gasteiger partial charge in [-0.15, -0.1) is 0 Å². The third-order valence-electron chi connectivity index (χ3n) is 4.13. The molecule has 0 aliphatic carbocycles. The molecule has 1 aliphatic heterocycles. The van der Waals surface area contributed by atoms with E-state index in [1.807, 2.05) is 53.4 Å². The van der Waals surface area contributed by atoms with Crippen LogP contribution in [0, 0.1) is 0 Å². The van der Waals surface area contributed by atoms with E-state index in [0.29, 0.717) is 31.7 Å². The van der Waals surface area contributed by atoms with Gasteiger partial charge in [0, 0.05) is 25.1 Å². The first-order valence-electron chi connectivity index (χ1n) is 8.55. The number of ether oxygens (including phenoxy) is 1. The van der Waals surface area contributed by atoms with Gasteiger partial charge in [-0.05, 0) is 36.2 Å². The molecule has 0 bridgehead atoms. The predicted octanol–water partition coefficient (Wildman–Crippen LogP) is 2.62. The van der Waals surface area contributed by atoms with Crippen LogP contribution in [-0.2, 0) is 11.3 Å². The molecular weight excluding hydrogens is 316 g/mol. The number of hydrogen-bond donors (Lipinski definition) is 1. The summed E-state index contributed by atoms with van der Waals surface area (Å²) in [5.74, 6) is 0.841. The van der Waals surface area contributed by atoms with E-state index in [0.717, 1.165) is 24.3 Å². The third kappa shape index (κ3) is 4.83. The molecule has 1 aliphatic rings. The van der Waals surface area contributed by atoms with Crippen LogP contribution in [0.1, 0.15) is 28.8 Å². The molecule has 0 saturated carbocycles. The van der Waals surface area contributed by atoms with E-state index in [2.05, 4.69) is 5.32 Å². The molecule has 25 heavy (non-hydrogen) atoms. The van der Waals surface area contributed by atoms with Crippen molar-refractivity contribution in [1.29, 1.82) is 0 Å². The number of hydrogen-bond acceptors (Lipinski definition) is 3. The number of nitrogens with one attached hydrogen (secondary N) is 1. The van der Waals surface area contributed by atoms with Crippen molar-refractivity contribution in [3.8, 4) is 5.75 Å². The fraction of sp³-hybridized carbons (Fsp3) is 0.300. The molecule has 0 aromatic heterocycles. The summed E-state index contributed by atoms with van der Waals surface area (Å²) in [6.07, 6.45) is 1.54. The number of rotatable bonds is 7. The van der Waals surface area contributed by atoms with Gasteiger partial charge in [-0.3, -0.25) is 9.59 Å². The van der Waals surface area contributed by atoms with Crippen molar-refractivity contribution < 1.29 is 14.3 Å². The highest BCUT2D eigenvalue weighted by molar-refractivity contribution is 5.94. The van der Waals surface area contributed by atoms with Crippen LogP contribution < -0.4 is 10.1 Å². The van der Waals surface area contributed by atoms with Crippen LogP contribution in [0.15, 0.2) is 54.6 Å². The summed E-state index contributed by atoms with van der Waals surface area (Å²) >= 11 is 0. The Morgan fingerprint density at radius 1 is 1.12 bits per heavy atom. The Kier molecular flexibility index (Phi) is 5.67. The van der Waals surface area contributed by atoms with Crippen molar-refractivity contribution in [2.75, 3.05) is 19.7 Å². The molecule has 1 heterocycles. The van der Waals surface area contributed by atoms with E-state index in [1.165, 1.54) is 0 Å². The molecular formula is C20H22N2O3. The van der Waals surface area contributed by atoms with Crippen molar-refractivity contribution >= 4 is 11.8 Å². The average molecular weight is 338 g/mol. The van der Waals surface area contributed by atoms with Crippen molar-refractivity contribution in [2.45, 2.75) is 19.4 Å². The van der Waals surface area contributed by atoms with Gasteiger partial charge in [-0.25, -0.2) is 0 Å². The van der Waals surface area contributed by atoms with E-state index in [4.69, 9.17) is 4.74 Å². The number of carbonyl (C=O) groups is 2. The van der Waals surface area contributed by atoms with Crippen molar-refractivity contribution in [3.63, 3.8) is 0 Å². The van der Waals surface area contributed by atoms with Gasteiger partial charge in [-0.2, -0.15) is 0 Å². The summed E-state index contributed by atoms with van der Waals surface area (Å²) in [4.78, 5) is 25.8. The molecule has 2 amide bonds. The minimum absolute atomic E-state index is 0.133. The van der Waals surface area contributed by atoms with Gasteiger partial charge in [0.2, 0.25) is 5.91 Å². The minimum atomic E-state index is -0.133. The maximum atomic E-state index is 12.3. The molecule has 0 radical (unpaired) electrons. The topological polar surface area (TPSA) is 58.6 Å². The van der Waals surface area contributed by atoms with Crippen LogP contribution in [0.5, 0.6) is 5.75 Å². The van der Waals surface area contributed by atoms with Crippen LogP contribution >= 0.6 is 0 Å². The first-order valence-corrected chi connectivity index (χ1v) is 8.55. The van der Waals surface area contributed by atoms with Crippen LogP contribution in [0.4, 0.5) is 0 Å². The van der Waals surface area contributed by atoms with Crippen molar-refractivity contribution in [3.05, 3.63) is 65.7 Å². The Morgan fingerprint density at radius 2 is 1.96 bits per heavy atom. The monoisotopic (exact) mass is 338 g/mol. The lowest BCUT2D eigenvalue weighted by atomic mass is 10.1. The molecule has 5 nitrogen and oxygen atoms in total. The van der Waals surface area contributed by atoms with Gasteiger partial charge < -0.3 is 15.0 Å². The first kappa shape index (κ1) is 17.0. The Bertz CT molecular complexity index is 731. The summed E-state index contributed by atoms with van der Waals surface area (Å²) < 4.78 is 5.56. The molecule has 130 valence electrons. The zero-order chi connectivity index (χ0) is 17.5. The van der Waals surface area contributed by atoms with Crippen LogP contribution in [0.25, 0.3) is 0 Å². The van der Waals surface area contributed by atoms with Gasteiger partial charge in [0.15, 0.2) is 0 Å². The van der Waals surface area contributed by atoms with Gasteiger partial charge in [0.25, 0.3) is 5.91 Å². The average Bonchev–Trinajstić information content (AvgIpc) is 3.04. The molecule has 2 aromatic rings. The number of benzene rings is 2. The van der Waals surface area contributed by atoms with E-state index in [-0.39, 0.29) is 11.8 Å². The van der Waals surface area contributed by atoms with E-state index in [9.17, 15) is 9.59 Å². The van der Waals surface area contributed by atoms with Crippen LogP contribution in [0.2, 0.25) is 0 Å². The second-order valence-electron chi connectivity index (χ2n) is 6.04. The van der Waals surface area contributed by atoms with Gasteiger partial charge in [0.05, 0.1) is 6.54 Å². The largest absolute Gasteiger partial charge is 0.492 e. The number of amides is 2. The summed E-state index contributed by atoms with van der Waals surface area (Å²) in [6, 6.07) is 16.9. The maximum absolute atomic E-state index is 12.3. The number of carbonyl (C=O) groups excluding carboxylic acids is 2. The molecule has 0 unspecified atom stereocenters. The third-order valence-corrected chi connectivity index (χ3v) is 4.13. The summed E-state index contributed by atoms with van der Waals surface area (Å²) in [5.41, 5.74) is 1.58. The second kappa shape index (κ2) is 8.33. The maximum Gasteiger partial charge on any atom is 0.251 e. The SMILES string of the molecule is O=C(NCCOc1ccccc1)c1cccc(CN2CCCC2=O)c1. The highest BCUT2D eigenvalue weighted by Crippen LogP contribution is 2.15. The van der Waals surface area contributed by atoms with E-state index < -0.39 is 0 Å². The molecule has 1 saturated heterocycles. The predicted molar refractivity (Wildman–Crippen MR) is 95.4 cm³/mol. The fourth-order valence-corrected chi connectivity index (χ4v) is 2.85. The fourth-order valence-electron chi connectivity index (χ4n) is 2.85. The Hall–Kier alpha value is -2.82. The molecule has 0 atom stereocenters. The van der Waals surface area contributed by atoms with E-state index in [1.54, 1.807) is 6.07 Å². The second-order valence-corrected chi connectivity index (χ2v) is 6.04. The molecule has 0 spiro atoms. The quantitative estimate of drug-likeness (QED) is 0.790. The Balaban J connectivity index is 1.48. The normalized spacial score (nSPS) is 13.8. The summed E-state index contributed by atoms with van der Waals surface area (Å²) in [6.45, 7) is 2.21. The molecule has 3 rings (SSSR count). The first-order chi connectivity index (χ1) is 12.2. The van der Waals surface area contributed by atoms with Crippen molar-refractivity contribution in [1.82, 2.24) is 10.2 Å². The van der Waals surface area contributed by atoms with Crippen molar-refractivity contribution in [2.24, 2.45) is 0 Å².